The quantitative estimate of drug-likeness (QED) is 0.277. The van der Waals surface area contributed by atoms with Crippen LogP contribution in [-0.2, 0) is 21.4 Å². The highest BCUT2D eigenvalue weighted by molar-refractivity contribution is 7.93. The van der Waals surface area contributed by atoms with Gasteiger partial charge >= 0.3 is 0 Å². The summed E-state index contributed by atoms with van der Waals surface area (Å²) in [7, 11) is -3.94. The van der Waals surface area contributed by atoms with Crippen LogP contribution in [0, 0.1) is 13.8 Å². The predicted octanol–water partition coefficient (Wildman–Crippen LogP) is 6.46. The Balaban J connectivity index is 1.45. The molecule has 11 heteroatoms. The van der Waals surface area contributed by atoms with Gasteiger partial charge in [0.15, 0.2) is 5.82 Å². The molecule has 2 aromatic heterocycles. The second kappa shape index (κ2) is 11.4. The number of aliphatic imine (C=N–C) groups is 1. The number of ether oxygens (including phenoxy) is 1. The van der Waals surface area contributed by atoms with Gasteiger partial charge in [-0.25, -0.2) is 8.42 Å². The highest BCUT2D eigenvalue weighted by atomic mass is 32.2. The fourth-order valence-electron chi connectivity index (χ4n) is 5.41. The Morgan fingerprint density at radius 2 is 1.95 bits per heavy atom. The number of hydrogen-bond donors (Lipinski definition) is 1. The van der Waals surface area contributed by atoms with Crippen molar-refractivity contribution < 1.29 is 22.5 Å². The topological polar surface area (TPSA) is 114 Å². The van der Waals surface area contributed by atoms with E-state index in [9.17, 15) is 13.2 Å². The average Bonchev–Trinajstić information content (AvgIpc) is 3.72. The van der Waals surface area contributed by atoms with Crippen molar-refractivity contribution >= 4 is 38.9 Å². The number of unbranched alkanes of at least 4 members (excludes halogenated alkanes) is 1. The number of benzene rings is 1. The van der Waals surface area contributed by atoms with E-state index in [4.69, 9.17) is 14.3 Å². The van der Waals surface area contributed by atoms with Crippen LogP contribution in [0.4, 0.5) is 5.82 Å². The molecule has 0 bridgehead atoms. The van der Waals surface area contributed by atoms with Crippen molar-refractivity contribution in [3.63, 3.8) is 0 Å². The minimum Gasteiger partial charge on any atom is -0.493 e. The number of aryl methyl sites for hydroxylation is 1. The van der Waals surface area contributed by atoms with E-state index in [2.05, 4.69) is 16.8 Å². The number of amidine groups is 1. The molecule has 1 spiro atoms. The van der Waals surface area contributed by atoms with E-state index in [-0.39, 0.29) is 16.6 Å². The summed E-state index contributed by atoms with van der Waals surface area (Å²) >= 11 is 1.32. The lowest BCUT2D eigenvalue weighted by Crippen LogP contribution is -2.40. The maximum atomic E-state index is 13.6. The Bertz CT molecular complexity index is 1530. The van der Waals surface area contributed by atoms with Crippen LogP contribution < -0.4 is 9.46 Å². The van der Waals surface area contributed by atoms with Crippen molar-refractivity contribution in [2.24, 2.45) is 4.99 Å². The average molecular weight is 585 g/mol. The number of sulfonamides is 1. The van der Waals surface area contributed by atoms with Gasteiger partial charge in [0.2, 0.25) is 0 Å². The number of anilines is 1. The third kappa shape index (κ3) is 5.28. The zero-order chi connectivity index (χ0) is 28.5. The number of thiophene rings is 1. The number of hydrogen-bond acceptors (Lipinski definition) is 8. The smallest absolute Gasteiger partial charge is 0.264 e. The lowest BCUT2D eigenvalue weighted by molar-refractivity contribution is -0.131. The van der Waals surface area contributed by atoms with E-state index in [1.54, 1.807) is 25.3 Å². The summed E-state index contributed by atoms with van der Waals surface area (Å²) in [6.45, 7) is 8.34. The molecule has 3 heterocycles. The van der Waals surface area contributed by atoms with Crippen LogP contribution in [0.2, 0.25) is 0 Å². The molecule has 1 saturated carbocycles. The zero-order valence-corrected chi connectivity index (χ0v) is 25.1. The number of nitrogens with one attached hydrogen (secondary N) is 1. The molecule has 9 nitrogen and oxygen atoms in total. The van der Waals surface area contributed by atoms with Crippen LogP contribution in [0.15, 0.2) is 44.1 Å². The fourth-order valence-corrected chi connectivity index (χ4v) is 7.94. The summed E-state index contributed by atoms with van der Waals surface area (Å²) in [4.78, 5) is 21.1. The van der Waals surface area contributed by atoms with Gasteiger partial charge < -0.3 is 9.26 Å². The SMILES string of the molecule is CCCCC1=NC2(CCCC2)C(=O)N1Cc1ccc(-c2sccc2S(=O)(=O)Nc2noc(C)c2C)c(OCC)c1. The van der Waals surface area contributed by atoms with Crippen LogP contribution in [0.5, 0.6) is 5.75 Å². The minimum absolute atomic E-state index is 0.106. The molecule has 3 aromatic rings. The van der Waals surface area contributed by atoms with Gasteiger partial charge in [-0.2, -0.15) is 0 Å². The number of amides is 1. The Morgan fingerprint density at radius 1 is 1.18 bits per heavy atom. The Morgan fingerprint density at radius 3 is 2.62 bits per heavy atom. The van der Waals surface area contributed by atoms with Crippen LogP contribution in [0.1, 0.15) is 75.7 Å². The monoisotopic (exact) mass is 584 g/mol. The second-order valence-corrected chi connectivity index (χ2v) is 13.0. The minimum atomic E-state index is -3.94. The molecule has 1 aliphatic heterocycles. The third-order valence-electron chi connectivity index (χ3n) is 7.72. The molecule has 2 aliphatic rings. The van der Waals surface area contributed by atoms with Gasteiger partial charge in [0.05, 0.1) is 18.0 Å². The fraction of sp³-hybridized carbons (Fsp3) is 0.483. The van der Waals surface area contributed by atoms with Crippen molar-refractivity contribution in [1.29, 1.82) is 0 Å². The molecule has 1 amide bonds. The highest BCUT2D eigenvalue weighted by Crippen LogP contribution is 2.42. The largest absolute Gasteiger partial charge is 0.493 e. The van der Waals surface area contributed by atoms with Crippen LogP contribution in [-0.4, -0.2) is 42.4 Å². The molecular weight excluding hydrogens is 548 g/mol. The summed E-state index contributed by atoms with van der Waals surface area (Å²) in [6, 6.07) is 7.31. The number of carbonyl (C=O) groups excluding carboxylic acids is 1. The van der Waals surface area contributed by atoms with Gasteiger partial charge in [0, 0.05) is 17.5 Å². The van der Waals surface area contributed by atoms with Gasteiger partial charge in [-0.15, -0.1) is 11.3 Å². The Hall–Kier alpha value is -3.18. The van der Waals surface area contributed by atoms with Crippen LogP contribution >= 0.6 is 11.3 Å². The normalized spacial score (nSPS) is 16.6. The van der Waals surface area contributed by atoms with Crippen molar-refractivity contribution in [2.75, 3.05) is 11.3 Å². The first-order valence-electron chi connectivity index (χ1n) is 13.9. The molecule has 0 unspecified atom stereocenters. The number of rotatable bonds is 11. The molecule has 1 N–H and O–H groups in total. The molecule has 5 rings (SSSR count). The molecule has 0 radical (unpaired) electrons. The van der Waals surface area contributed by atoms with E-state index < -0.39 is 15.6 Å². The van der Waals surface area contributed by atoms with E-state index in [1.807, 2.05) is 30.0 Å². The van der Waals surface area contributed by atoms with E-state index in [1.165, 1.54) is 11.3 Å². The van der Waals surface area contributed by atoms with Gasteiger partial charge in [-0.1, -0.05) is 37.4 Å². The maximum absolute atomic E-state index is 13.6. The Labute approximate surface area is 239 Å². The van der Waals surface area contributed by atoms with E-state index in [0.29, 0.717) is 40.7 Å². The van der Waals surface area contributed by atoms with Gasteiger partial charge in [0.1, 0.15) is 27.8 Å². The van der Waals surface area contributed by atoms with Crippen molar-refractivity contribution in [2.45, 2.75) is 89.6 Å². The number of carbonyl (C=O) groups is 1. The Kier molecular flexibility index (Phi) is 8.05. The third-order valence-corrected chi connectivity index (χ3v) is 10.2. The first-order chi connectivity index (χ1) is 19.2. The first-order valence-corrected chi connectivity index (χ1v) is 16.3. The molecule has 214 valence electrons. The molecule has 1 aliphatic carbocycles. The summed E-state index contributed by atoms with van der Waals surface area (Å²) in [5.74, 6) is 2.28. The van der Waals surface area contributed by atoms with Gasteiger partial charge in [-0.05, 0) is 69.2 Å². The molecule has 0 saturated heterocycles. The van der Waals surface area contributed by atoms with E-state index >= 15 is 0 Å². The lowest BCUT2D eigenvalue weighted by Gasteiger charge is -2.23. The highest BCUT2D eigenvalue weighted by Gasteiger charge is 2.49. The molecular formula is C29H36N4O5S2. The van der Waals surface area contributed by atoms with Crippen LogP contribution in [0.3, 0.4) is 0 Å². The summed E-state index contributed by atoms with van der Waals surface area (Å²) < 4.78 is 40.5. The summed E-state index contributed by atoms with van der Waals surface area (Å²) in [5.41, 5.74) is 1.64. The zero-order valence-electron chi connectivity index (χ0n) is 23.5. The summed E-state index contributed by atoms with van der Waals surface area (Å²) in [6.07, 6.45) is 6.51. The van der Waals surface area contributed by atoms with Crippen LogP contribution in [0.25, 0.3) is 10.4 Å². The number of nitrogens with zero attached hydrogens (tertiary/aromatic N) is 3. The standard InChI is InChI=1S/C29H36N4O5S2/c1-5-7-10-25-30-29(14-8-9-15-29)28(34)33(25)18-21-11-12-22(23(17-21)37-6-2)26-24(13-16-39-26)40(35,36)32-27-19(3)20(4)38-31-27/h11-13,16-17H,5-10,14-15,18H2,1-4H3,(H,31,32). The number of aromatic nitrogens is 1. The maximum Gasteiger partial charge on any atom is 0.264 e. The first kappa shape index (κ1) is 28.4. The molecule has 40 heavy (non-hydrogen) atoms. The molecule has 1 fully saturated rings. The van der Waals surface area contributed by atoms with Crippen molar-refractivity contribution in [3.05, 3.63) is 46.5 Å². The van der Waals surface area contributed by atoms with Gasteiger partial charge in [0.25, 0.3) is 15.9 Å². The molecule has 1 aromatic carbocycles. The van der Waals surface area contributed by atoms with Crippen molar-refractivity contribution in [1.82, 2.24) is 10.1 Å². The van der Waals surface area contributed by atoms with E-state index in [0.717, 1.165) is 56.3 Å². The second-order valence-electron chi connectivity index (χ2n) is 10.5. The predicted molar refractivity (Wildman–Crippen MR) is 156 cm³/mol. The van der Waals surface area contributed by atoms with Gasteiger partial charge in [-0.3, -0.25) is 19.4 Å². The summed E-state index contributed by atoms with van der Waals surface area (Å²) in [5, 5.41) is 5.59. The lowest BCUT2D eigenvalue weighted by atomic mass is 9.98. The molecule has 0 atom stereocenters. The van der Waals surface area contributed by atoms with Crippen molar-refractivity contribution in [3.8, 4) is 16.2 Å².